The van der Waals surface area contributed by atoms with Crippen molar-refractivity contribution in [3.05, 3.63) is 41.2 Å². The summed E-state index contributed by atoms with van der Waals surface area (Å²) in [5.41, 5.74) is 1.66. The van der Waals surface area contributed by atoms with Gasteiger partial charge in [0.25, 0.3) is 5.91 Å². The number of rotatable bonds is 6. The molecule has 3 rings (SSSR count). The summed E-state index contributed by atoms with van der Waals surface area (Å²) < 4.78 is 0. The van der Waals surface area contributed by atoms with Crippen molar-refractivity contribution in [3.63, 3.8) is 0 Å². The lowest BCUT2D eigenvalue weighted by Crippen LogP contribution is -2.27. The molecule has 7 nitrogen and oxygen atoms in total. The van der Waals surface area contributed by atoms with Gasteiger partial charge in [-0.3, -0.25) is 14.7 Å². The van der Waals surface area contributed by atoms with E-state index in [1.807, 2.05) is 36.1 Å². The van der Waals surface area contributed by atoms with Crippen LogP contribution in [0.1, 0.15) is 34.6 Å². The van der Waals surface area contributed by atoms with Gasteiger partial charge in [-0.15, -0.1) is 5.10 Å². The fourth-order valence-electron chi connectivity index (χ4n) is 2.64. The fourth-order valence-corrected chi connectivity index (χ4v) is 3.31. The standard InChI is InChI=1S/C17H21N5O2S/c1-12-19-17(21-20-12)25-11-15(23)18-10-13-4-6-14(7-5-13)16(24)22-8-2-3-9-22/h4-7H,2-3,8-11H2,1H3,(H,18,23)(H,19,20,21). The van der Waals surface area contributed by atoms with Crippen LogP contribution in [0.3, 0.4) is 0 Å². The van der Waals surface area contributed by atoms with E-state index in [0.717, 1.165) is 37.3 Å². The smallest absolute Gasteiger partial charge is 0.253 e. The molecule has 0 radical (unpaired) electrons. The molecule has 1 fully saturated rings. The van der Waals surface area contributed by atoms with Crippen molar-refractivity contribution >= 4 is 23.6 Å². The number of hydrogen-bond donors (Lipinski definition) is 2. The minimum atomic E-state index is -0.0790. The molecule has 0 atom stereocenters. The molecule has 1 saturated heterocycles. The quantitative estimate of drug-likeness (QED) is 0.767. The van der Waals surface area contributed by atoms with Crippen molar-refractivity contribution in [2.75, 3.05) is 18.8 Å². The number of carbonyl (C=O) groups excluding carboxylic acids is 2. The second-order valence-corrected chi connectivity index (χ2v) is 6.91. The lowest BCUT2D eigenvalue weighted by molar-refractivity contribution is -0.118. The molecule has 2 amide bonds. The number of amides is 2. The molecule has 1 aliphatic heterocycles. The lowest BCUT2D eigenvalue weighted by Gasteiger charge is -2.15. The summed E-state index contributed by atoms with van der Waals surface area (Å²) >= 11 is 1.29. The highest BCUT2D eigenvalue weighted by Crippen LogP contribution is 2.14. The van der Waals surface area contributed by atoms with Gasteiger partial charge in [-0.25, -0.2) is 4.98 Å². The Kier molecular flexibility index (Phi) is 5.70. The summed E-state index contributed by atoms with van der Waals surface area (Å²) in [5.74, 6) is 1.01. The molecular weight excluding hydrogens is 338 g/mol. The number of nitrogens with one attached hydrogen (secondary N) is 2. The Bertz CT molecular complexity index is 738. The zero-order valence-electron chi connectivity index (χ0n) is 14.1. The largest absolute Gasteiger partial charge is 0.351 e. The second-order valence-electron chi connectivity index (χ2n) is 5.97. The third-order valence-electron chi connectivity index (χ3n) is 3.99. The average Bonchev–Trinajstić information content (AvgIpc) is 3.30. The van der Waals surface area contributed by atoms with Crippen LogP contribution in [0.4, 0.5) is 0 Å². The summed E-state index contributed by atoms with van der Waals surface area (Å²) in [6.45, 7) is 3.94. The third kappa shape index (κ3) is 4.82. The third-order valence-corrected chi connectivity index (χ3v) is 4.84. The van der Waals surface area contributed by atoms with E-state index >= 15 is 0 Å². The molecule has 2 heterocycles. The Hall–Kier alpha value is -2.35. The second kappa shape index (κ2) is 8.15. The molecule has 0 aliphatic carbocycles. The maximum absolute atomic E-state index is 12.3. The first-order valence-corrected chi connectivity index (χ1v) is 9.27. The van der Waals surface area contributed by atoms with Crippen molar-refractivity contribution in [1.29, 1.82) is 0 Å². The zero-order chi connectivity index (χ0) is 17.6. The van der Waals surface area contributed by atoms with E-state index < -0.39 is 0 Å². The monoisotopic (exact) mass is 359 g/mol. The van der Waals surface area contributed by atoms with E-state index in [2.05, 4.69) is 20.5 Å². The highest BCUT2D eigenvalue weighted by atomic mass is 32.2. The first kappa shape index (κ1) is 17.5. The van der Waals surface area contributed by atoms with Crippen molar-refractivity contribution in [3.8, 4) is 0 Å². The summed E-state index contributed by atoms with van der Waals surface area (Å²) in [6, 6.07) is 7.42. The zero-order valence-corrected chi connectivity index (χ0v) is 14.9. The Balaban J connectivity index is 1.44. The SMILES string of the molecule is Cc1nc(SCC(=O)NCc2ccc(C(=O)N3CCCC3)cc2)n[nH]1. The van der Waals surface area contributed by atoms with Gasteiger partial charge >= 0.3 is 0 Å². The molecule has 132 valence electrons. The number of hydrogen-bond acceptors (Lipinski definition) is 5. The molecule has 0 saturated carbocycles. The Labute approximate surface area is 150 Å². The first-order chi connectivity index (χ1) is 12.1. The summed E-state index contributed by atoms with van der Waals surface area (Å²) in [4.78, 5) is 30.2. The van der Waals surface area contributed by atoms with Gasteiger partial charge in [0.1, 0.15) is 5.82 Å². The number of aromatic amines is 1. The predicted octanol–water partition coefficient (Wildman–Crippen LogP) is 1.76. The van der Waals surface area contributed by atoms with E-state index in [-0.39, 0.29) is 17.6 Å². The summed E-state index contributed by atoms with van der Waals surface area (Å²) in [5, 5.41) is 10.1. The molecule has 0 spiro atoms. The van der Waals surface area contributed by atoms with Crippen LogP contribution in [-0.4, -0.2) is 50.7 Å². The van der Waals surface area contributed by atoms with Crippen LogP contribution < -0.4 is 5.32 Å². The van der Waals surface area contributed by atoms with Crippen LogP contribution in [0.25, 0.3) is 0 Å². The molecule has 1 aromatic heterocycles. The number of aryl methyl sites for hydroxylation is 1. The Morgan fingerprint density at radius 1 is 1.24 bits per heavy atom. The maximum Gasteiger partial charge on any atom is 0.253 e. The van der Waals surface area contributed by atoms with Crippen molar-refractivity contribution in [2.45, 2.75) is 31.5 Å². The Morgan fingerprint density at radius 3 is 2.60 bits per heavy atom. The van der Waals surface area contributed by atoms with Crippen molar-refractivity contribution < 1.29 is 9.59 Å². The number of likely N-dealkylation sites (tertiary alicyclic amines) is 1. The van der Waals surface area contributed by atoms with Crippen molar-refractivity contribution in [1.82, 2.24) is 25.4 Å². The van der Waals surface area contributed by atoms with Crippen LogP contribution in [0, 0.1) is 6.92 Å². The van der Waals surface area contributed by atoms with Gasteiger partial charge in [0.05, 0.1) is 5.75 Å². The number of thioether (sulfide) groups is 1. The van der Waals surface area contributed by atoms with Crippen LogP contribution in [0.15, 0.2) is 29.4 Å². The van der Waals surface area contributed by atoms with Gasteiger partial charge in [0, 0.05) is 25.2 Å². The first-order valence-electron chi connectivity index (χ1n) is 8.28. The molecule has 2 aromatic rings. The molecule has 8 heteroatoms. The highest BCUT2D eigenvalue weighted by molar-refractivity contribution is 7.99. The number of carbonyl (C=O) groups is 2. The number of benzene rings is 1. The van der Waals surface area contributed by atoms with Crippen molar-refractivity contribution in [2.24, 2.45) is 0 Å². The van der Waals surface area contributed by atoms with Gasteiger partial charge in [-0.1, -0.05) is 23.9 Å². The minimum absolute atomic E-state index is 0.0790. The molecule has 1 aliphatic rings. The van der Waals surface area contributed by atoms with Crippen LogP contribution >= 0.6 is 11.8 Å². The minimum Gasteiger partial charge on any atom is -0.351 e. The normalized spacial score (nSPS) is 13.9. The van der Waals surface area contributed by atoms with Crippen LogP contribution in [0.5, 0.6) is 0 Å². The van der Waals surface area contributed by atoms with E-state index in [1.165, 1.54) is 11.8 Å². The average molecular weight is 359 g/mol. The topological polar surface area (TPSA) is 91.0 Å². The molecule has 1 aromatic carbocycles. The number of aromatic nitrogens is 3. The molecule has 2 N–H and O–H groups in total. The van der Waals surface area contributed by atoms with Gasteiger partial charge in [-0.2, -0.15) is 0 Å². The number of nitrogens with zero attached hydrogens (tertiary/aromatic N) is 3. The lowest BCUT2D eigenvalue weighted by atomic mass is 10.1. The highest BCUT2D eigenvalue weighted by Gasteiger charge is 2.19. The van der Waals surface area contributed by atoms with Gasteiger partial charge in [0.2, 0.25) is 11.1 Å². The molecule has 25 heavy (non-hydrogen) atoms. The predicted molar refractivity (Wildman–Crippen MR) is 95.3 cm³/mol. The molecule has 0 unspecified atom stereocenters. The summed E-state index contributed by atoms with van der Waals surface area (Å²) in [6.07, 6.45) is 2.17. The van der Waals surface area contributed by atoms with Gasteiger partial charge < -0.3 is 10.2 Å². The maximum atomic E-state index is 12.3. The molecular formula is C17H21N5O2S. The summed E-state index contributed by atoms with van der Waals surface area (Å²) in [7, 11) is 0. The number of H-pyrrole nitrogens is 1. The molecule has 0 bridgehead atoms. The van der Waals surface area contributed by atoms with Crippen LogP contribution in [-0.2, 0) is 11.3 Å². The Morgan fingerprint density at radius 2 is 1.96 bits per heavy atom. The van der Waals surface area contributed by atoms with E-state index in [1.54, 1.807) is 0 Å². The van der Waals surface area contributed by atoms with Gasteiger partial charge in [0.15, 0.2) is 0 Å². The van der Waals surface area contributed by atoms with Gasteiger partial charge in [-0.05, 0) is 37.5 Å². The van der Waals surface area contributed by atoms with E-state index in [9.17, 15) is 9.59 Å². The van der Waals surface area contributed by atoms with Crippen LogP contribution in [0.2, 0.25) is 0 Å². The van der Waals surface area contributed by atoms with E-state index in [4.69, 9.17) is 0 Å². The van der Waals surface area contributed by atoms with E-state index in [0.29, 0.717) is 17.3 Å². The fraction of sp³-hybridized carbons (Fsp3) is 0.412.